The predicted octanol–water partition coefficient (Wildman–Crippen LogP) is 4.84. The molecule has 1 aliphatic carbocycles. The maximum atomic E-state index is 12.3. The van der Waals surface area contributed by atoms with Gasteiger partial charge in [-0.3, -0.25) is 4.40 Å². The number of halogens is 3. The van der Waals surface area contributed by atoms with E-state index in [1.807, 2.05) is 28.8 Å². The minimum atomic E-state index is -4.47. The van der Waals surface area contributed by atoms with Crippen molar-refractivity contribution in [2.45, 2.75) is 25.4 Å². The third kappa shape index (κ3) is 5.37. The number of nitrogens with zero attached hydrogens (tertiary/aromatic N) is 3. The van der Waals surface area contributed by atoms with Crippen LogP contribution in [0, 0.1) is 5.92 Å². The van der Waals surface area contributed by atoms with E-state index in [2.05, 4.69) is 15.5 Å². The summed E-state index contributed by atoms with van der Waals surface area (Å²) in [5.74, 6) is 0.652. The standard InChI is InChI=1S/C22H22F3N5O2/c1-32-29-18(9-14-5-6-14)15-7-8-30-19(12-26-20(30)11-15)16-3-2-4-17(10-16)28-21(31)27-13-22(23,24)25/h2-4,7-8,10-12,14H,5-6,9,13H2,1H3,(H2,27,28,31). The quantitative estimate of drug-likeness (QED) is 0.404. The fourth-order valence-electron chi connectivity index (χ4n) is 3.40. The Bertz CT molecular complexity index is 1150. The zero-order valence-corrected chi connectivity index (χ0v) is 17.3. The van der Waals surface area contributed by atoms with Crippen LogP contribution in [0.5, 0.6) is 0 Å². The summed E-state index contributed by atoms with van der Waals surface area (Å²) >= 11 is 0. The van der Waals surface area contributed by atoms with E-state index in [0.29, 0.717) is 11.6 Å². The number of amides is 2. The Morgan fingerprint density at radius 2 is 2.09 bits per heavy atom. The first-order valence-electron chi connectivity index (χ1n) is 10.1. The van der Waals surface area contributed by atoms with E-state index in [1.54, 1.807) is 29.7 Å². The van der Waals surface area contributed by atoms with E-state index in [0.717, 1.165) is 34.6 Å². The average molecular weight is 445 g/mol. The molecule has 2 amide bonds. The second-order valence-corrected chi connectivity index (χ2v) is 7.66. The van der Waals surface area contributed by atoms with Crippen molar-refractivity contribution in [3.8, 4) is 11.3 Å². The van der Waals surface area contributed by atoms with Gasteiger partial charge in [0, 0.05) is 23.0 Å². The number of pyridine rings is 1. The van der Waals surface area contributed by atoms with Gasteiger partial charge in [-0.1, -0.05) is 17.3 Å². The third-order valence-corrected chi connectivity index (χ3v) is 5.09. The summed E-state index contributed by atoms with van der Waals surface area (Å²) in [7, 11) is 1.53. The Hall–Kier alpha value is -3.56. The summed E-state index contributed by atoms with van der Waals surface area (Å²) in [5.41, 5.74) is 4.45. The molecule has 3 aromatic rings. The summed E-state index contributed by atoms with van der Waals surface area (Å²) in [6.07, 6.45) is 2.40. The number of hydrogen-bond donors (Lipinski definition) is 2. The van der Waals surface area contributed by atoms with E-state index in [-0.39, 0.29) is 0 Å². The molecule has 1 fully saturated rings. The van der Waals surface area contributed by atoms with Gasteiger partial charge < -0.3 is 15.5 Å². The topological polar surface area (TPSA) is 80.0 Å². The number of oxime groups is 1. The Kier molecular flexibility index (Phi) is 6.02. The molecule has 10 heteroatoms. The van der Waals surface area contributed by atoms with Crippen molar-refractivity contribution in [3.05, 3.63) is 54.4 Å². The fraction of sp³-hybridized carbons (Fsp3) is 0.318. The molecule has 1 aromatic carbocycles. The van der Waals surface area contributed by atoms with Crippen molar-refractivity contribution in [2.24, 2.45) is 11.1 Å². The monoisotopic (exact) mass is 445 g/mol. The van der Waals surface area contributed by atoms with Gasteiger partial charge in [-0.05, 0) is 49.4 Å². The average Bonchev–Trinajstić information content (AvgIpc) is 3.47. The van der Waals surface area contributed by atoms with E-state index in [1.165, 1.54) is 20.0 Å². The number of carbonyl (C=O) groups excluding carboxylic acids is 1. The summed E-state index contributed by atoms with van der Waals surface area (Å²) in [6, 6.07) is 9.78. The molecule has 0 saturated heterocycles. The molecule has 1 aliphatic rings. The van der Waals surface area contributed by atoms with Gasteiger partial charge in [0.25, 0.3) is 0 Å². The molecule has 0 radical (unpaired) electrons. The fourth-order valence-corrected chi connectivity index (χ4v) is 3.40. The van der Waals surface area contributed by atoms with Crippen LogP contribution in [0.3, 0.4) is 0 Å². The Morgan fingerprint density at radius 1 is 1.28 bits per heavy atom. The highest BCUT2D eigenvalue weighted by Gasteiger charge is 2.27. The van der Waals surface area contributed by atoms with Crippen LogP contribution in [0.4, 0.5) is 23.7 Å². The maximum Gasteiger partial charge on any atom is 0.405 e. The highest BCUT2D eigenvalue weighted by Crippen LogP contribution is 2.34. The van der Waals surface area contributed by atoms with Crippen LogP contribution < -0.4 is 10.6 Å². The molecule has 168 valence electrons. The van der Waals surface area contributed by atoms with E-state index in [9.17, 15) is 18.0 Å². The number of urea groups is 1. The van der Waals surface area contributed by atoms with Crippen molar-refractivity contribution >= 4 is 23.1 Å². The first kappa shape index (κ1) is 21.7. The molecule has 0 spiro atoms. The minimum Gasteiger partial charge on any atom is -0.399 e. The number of alkyl halides is 3. The van der Waals surface area contributed by atoms with Gasteiger partial charge in [-0.15, -0.1) is 0 Å². The highest BCUT2D eigenvalue weighted by atomic mass is 19.4. The summed E-state index contributed by atoms with van der Waals surface area (Å²) in [6.45, 7) is -1.40. The van der Waals surface area contributed by atoms with E-state index < -0.39 is 18.8 Å². The van der Waals surface area contributed by atoms with Crippen molar-refractivity contribution in [2.75, 3.05) is 19.0 Å². The molecule has 1 saturated carbocycles. The van der Waals surface area contributed by atoms with Crippen LogP contribution in [0.1, 0.15) is 24.8 Å². The van der Waals surface area contributed by atoms with Gasteiger partial charge in [0.1, 0.15) is 19.3 Å². The molecular formula is C22H22F3N5O2. The molecule has 0 aliphatic heterocycles. The molecule has 7 nitrogen and oxygen atoms in total. The molecule has 32 heavy (non-hydrogen) atoms. The molecule has 2 aromatic heterocycles. The molecule has 0 bridgehead atoms. The van der Waals surface area contributed by atoms with Crippen LogP contribution >= 0.6 is 0 Å². The van der Waals surface area contributed by atoms with Crippen LogP contribution in [-0.4, -0.2) is 41.0 Å². The SMILES string of the molecule is CON=C(CC1CC1)c1ccn2c(-c3cccc(NC(=O)NCC(F)(F)F)c3)cnc2c1. The lowest BCUT2D eigenvalue weighted by Gasteiger charge is -2.11. The second-order valence-electron chi connectivity index (χ2n) is 7.66. The van der Waals surface area contributed by atoms with Crippen molar-refractivity contribution < 1.29 is 22.8 Å². The van der Waals surface area contributed by atoms with Crippen molar-refractivity contribution in [3.63, 3.8) is 0 Å². The first-order chi connectivity index (χ1) is 15.3. The number of nitrogens with one attached hydrogen (secondary N) is 2. The van der Waals surface area contributed by atoms with Crippen LogP contribution in [-0.2, 0) is 4.84 Å². The number of anilines is 1. The zero-order valence-electron chi connectivity index (χ0n) is 17.3. The highest BCUT2D eigenvalue weighted by molar-refractivity contribution is 6.01. The molecular weight excluding hydrogens is 423 g/mol. The number of imidazole rings is 1. The summed E-state index contributed by atoms with van der Waals surface area (Å²) in [5, 5.41) is 8.38. The normalized spacial score (nSPS) is 14.4. The van der Waals surface area contributed by atoms with Crippen LogP contribution in [0.15, 0.2) is 53.9 Å². The predicted molar refractivity (Wildman–Crippen MR) is 115 cm³/mol. The van der Waals surface area contributed by atoms with Crippen LogP contribution in [0.2, 0.25) is 0 Å². The van der Waals surface area contributed by atoms with Gasteiger partial charge in [-0.25, -0.2) is 9.78 Å². The number of carbonyl (C=O) groups is 1. The third-order valence-electron chi connectivity index (χ3n) is 5.09. The molecule has 2 heterocycles. The maximum absolute atomic E-state index is 12.3. The van der Waals surface area contributed by atoms with Gasteiger partial charge in [0.15, 0.2) is 0 Å². The van der Waals surface area contributed by atoms with Gasteiger partial charge >= 0.3 is 12.2 Å². The van der Waals surface area contributed by atoms with E-state index >= 15 is 0 Å². The zero-order chi connectivity index (χ0) is 22.7. The Balaban J connectivity index is 1.54. The minimum absolute atomic E-state index is 0.368. The number of aromatic nitrogens is 2. The number of hydrogen-bond acceptors (Lipinski definition) is 4. The van der Waals surface area contributed by atoms with Gasteiger partial charge in [0.05, 0.1) is 17.6 Å². The number of rotatable bonds is 7. The second kappa shape index (κ2) is 8.89. The largest absolute Gasteiger partial charge is 0.405 e. The first-order valence-corrected chi connectivity index (χ1v) is 10.1. The lowest BCUT2D eigenvalue weighted by atomic mass is 10.1. The molecule has 4 rings (SSSR count). The van der Waals surface area contributed by atoms with Crippen LogP contribution in [0.25, 0.3) is 16.9 Å². The smallest absolute Gasteiger partial charge is 0.399 e. The van der Waals surface area contributed by atoms with Crippen molar-refractivity contribution in [1.29, 1.82) is 0 Å². The Morgan fingerprint density at radius 3 is 2.81 bits per heavy atom. The van der Waals surface area contributed by atoms with E-state index in [4.69, 9.17) is 4.84 Å². The molecule has 2 N–H and O–H groups in total. The lowest BCUT2D eigenvalue weighted by Crippen LogP contribution is -2.36. The molecule has 0 atom stereocenters. The summed E-state index contributed by atoms with van der Waals surface area (Å²) < 4.78 is 38.7. The molecule has 0 unspecified atom stereocenters. The Labute approximate surface area is 182 Å². The van der Waals surface area contributed by atoms with Gasteiger partial charge in [0.2, 0.25) is 0 Å². The number of benzene rings is 1. The van der Waals surface area contributed by atoms with Crippen molar-refractivity contribution in [1.82, 2.24) is 14.7 Å². The summed E-state index contributed by atoms with van der Waals surface area (Å²) in [4.78, 5) is 21.2. The lowest BCUT2D eigenvalue weighted by molar-refractivity contribution is -0.122. The number of fused-ring (bicyclic) bond motifs is 1. The van der Waals surface area contributed by atoms with Gasteiger partial charge in [-0.2, -0.15) is 13.2 Å².